The van der Waals surface area contributed by atoms with Gasteiger partial charge in [0, 0.05) is 28.9 Å². The van der Waals surface area contributed by atoms with E-state index >= 15 is 0 Å². The number of halogens is 1. The molecular formula is C27H28ClNO3. The van der Waals surface area contributed by atoms with E-state index in [9.17, 15) is 9.59 Å². The number of carbonyl (C=O) groups excluding carboxylic acids is 2. The van der Waals surface area contributed by atoms with Gasteiger partial charge in [0.1, 0.15) is 0 Å². The van der Waals surface area contributed by atoms with Gasteiger partial charge in [-0.15, -0.1) is 0 Å². The van der Waals surface area contributed by atoms with E-state index in [0.717, 1.165) is 22.5 Å². The Kier molecular flexibility index (Phi) is 7.37. The van der Waals surface area contributed by atoms with Gasteiger partial charge in [0.25, 0.3) is 0 Å². The van der Waals surface area contributed by atoms with Crippen molar-refractivity contribution in [2.45, 2.75) is 34.1 Å². The molecule has 0 aliphatic carbocycles. The molecule has 0 atom stereocenters. The average molecular weight is 450 g/mol. The summed E-state index contributed by atoms with van der Waals surface area (Å²) in [6.07, 6.45) is 0.586. The molecule has 3 aromatic carbocycles. The standard InChI is InChI=1S/C27H28ClNO3/c1-18-9-5-7-11-21(18)25(30)22-14-13-20(17-23(22)28)29-24-12-8-6-10-19(24)15-16-32-26(31)27(2,3)4/h5-14,17,29H,15-16H2,1-4H3. The summed E-state index contributed by atoms with van der Waals surface area (Å²) in [7, 11) is 0. The molecule has 0 aliphatic rings. The van der Waals surface area contributed by atoms with E-state index in [2.05, 4.69) is 5.32 Å². The Morgan fingerprint density at radius 3 is 2.31 bits per heavy atom. The molecule has 0 spiro atoms. The predicted molar refractivity (Wildman–Crippen MR) is 130 cm³/mol. The third-order valence-electron chi connectivity index (χ3n) is 5.12. The normalized spacial score (nSPS) is 11.2. The number of anilines is 2. The molecule has 166 valence electrons. The molecule has 0 amide bonds. The molecule has 5 heteroatoms. The van der Waals surface area contributed by atoms with Crippen LogP contribution in [0, 0.1) is 12.3 Å². The molecule has 3 aromatic rings. The van der Waals surface area contributed by atoms with E-state index in [0.29, 0.717) is 29.2 Å². The molecule has 32 heavy (non-hydrogen) atoms. The average Bonchev–Trinajstić information content (AvgIpc) is 2.74. The Labute approximate surface area is 194 Å². The molecule has 0 aliphatic heterocycles. The number of hydrogen-bond acceptors (Lipinski definition) is 4. The molecule has 1 N–H and O–H groups in total. The van der Waals surface area contributed by atoms with Gasteiger partial charge in [0.05, 0.1) is 17.0 Å². The Bertz CT molecular complexity index is 1130. The SMILES string of the molecule is Cc1ccccc1C(=O)c1ccc(Nc2ccccc2CCOC(=O)C(C)(C)C)cc1Cl. The maximum Gasteiger partial charge on any atom is 0.311 e. The van der Waals surface area contributed by atoms with E-state index in [-0.39, 0.29) is 11.8 Å². The highest BCUT2D eigenvalue weighted by atomic mass is 35.5. The fourth-order valence-corrected chi connectivity index (χ4v) is 3.50. The van der Waals surface area contributed by atoms with Crippen LogP contribution in [0.2, 0.25) is 5.02 Å². The van der Waals surface area contributed by atoms with Gasteiger partial charge in [0.15, 0.2) is 5.78 Å². The molecule has 0 bridgehead atoms. The number of nitrogens with one attached hydrogen (secondary N) is 1. The maximum atomic E-state index is 12.9. The summed E-state index contributed by atoms with van der Waals surface area (Å²) >= 11 is 6.48. The lowest BCUT2D eigenvalue weighted by Gasteiger charge is -2.17. The van der Waals surface area contributed by atoms with Crippen LogP contribution in [0.1, 0.15) is 47.8 Å². The Hall–Kier alpha value is -3.11. The maximum absolute atomic E-state index is 12.9. The monoisotopic (exact) mass is 449 g/mol. The number of ether oxygens (including phenoxy) is 1. The first-order chi connectivity index (χ1) is 15.2. The number of rotatable bonds is 7. The van der Waals surface area contributed by atoms with Crippen molar-refractivity contribution in [2.24, 2.45) is 5.41 Å². The number of carbonyl (C=O) groups is 2. The highest BCUT2D eigenvalue weighted by molar-refractivity contribution is 6.35. The van der Waals surface area contributed by atoms with Crippen LogP contribution in [0.3, 0.4) is 0 Å². The summed E-state index contributed by atoms with van der Waals surface area (Å²) in [5.41, 5.74) is 4.19. The minimum atomic E-state index is -0.522. The Balaban J connectivity index is 1.73. The van der Waals surface area contributed by atoms with Gasteiger partial charge in [-0.3, -0.25) is 9.59 Å². The molecular weight excluding hydrogens is 422 g/mol. The van der Waals surface area contributed by atoms with Gasteiger partial charge in [0.2, 0.25) is 0 Å². The zero-order valence-electron chi connectivity index (χ0n) is 18.9. The topological polar surface area (TPSA) is 55.4 Å². The van der Waals surface area contributed by atoms with Crippen LogP contribution in [0.15, 0.2) is 66.7 Å². The zero-order valence-corrected chi connectivity index (χ0v) is 19.6. The minimum absolute atomic E-state index is 0.0966. The van der Waals surface area contributed by atoms with Crippen molar-refractivity contribution in [2.75, 3.05) is 11.9 Å². The lowest BCUT2D eigenvalue weighted by molar-refractivity contribution is -0.152. The molecule has 3 rings (SSSR count). The van der Waals surface area contributed by atoms with Crippen LogP contribution >= 0.6 is 11.6 Å². The number of esters is 1. The third kappa shape index (κ3) is 5.77. The van der Waals surface area contributed by atoms with Crippen molar-refractivity contribution in [3.8, 4) is 0 Å². The molecule has 0 saturated heterocycles. The van der Waals surface area contributed by atoms with Crippen molar-refractivity contribution in [3.63, 3.8) is 0 Å². The number of ketones is 1. The predicted octanol–water partition coefficient (Wildman–Crippen LogP) is 6.75. The Morgan fingerprint density at radius 1 is 0.938 bits per heavy atom. The van der Waals surface area contributed by atoms with Crippen LogP contribution in [0.25, 0.3) is 0 Å². The van der Waals surface area contributed by atoms with E-state index in [1.165, 1.54) is 0 Å². The van der Waals surface area contributed by atoms with Gasteiger partial charge in [-0.1, -0.05) is 54.1 Å². The highest BCUT2D eigenvalue weighted by Crippen LogP contribution is 2.28. The summed E-state index contributed by atoms with van der Waals surface area (Å²) in [5.74, 6) is -0.315. The van der Waals surface area contributed by atoms with Crippen LogP contribution in [-0.2, 0) is 16.0 Å². The van der Waals surface area contributed by atoms with Gasteiger partial charge in [-0.05, 0) is 63.1 Å². The summed E-state index contributed by atoms with van der Waals surface area (Å²) < 4.78 is 5.40. The number of benzene rings is 3. The number of para-hydroxylation sites is 1. The molecule has 0 unspecified atom stereocenters. The Morgan fingerprint density at radius 2 is 1.62 bits per heavy atom. The third-order valence-corrected chi connectivity index (χ3v) is 5.43. The van der Waals surface area contributed by atoms with E-state index < -0.39 is 5.41 Å². The van der Waals surface area contributed by atoms with Crippen molar-refractivity contribution in [3.05, 3.63) is 94.0 Å². The van der Waals surface area contributed by atoms with E-state index in [1.54, 1.807) is 12.1 Å². The highest BCUT2D eigenvalue weighted by Gasteiger charge is 2.22. The molecule has 4 nitrogen and oxygen atoms in total. The second-order valence-electron chi connectivity index (χ2n) is 8.76. The van der Waals surface area contributed by atoms with E-state index in [1.807, 2.05) is 82.3 Å². The minimum Gasteiger partial charge on any atom is -0.465 e. The smallest absolute Gasteiger partial charge is 0.311 e. The second kappa shape index (κ2) is 10.0. The quantitative estimate of drug-likeness (QED) is 0.320. The molecule has 0 aromatic heterocycles. The molecule has 0 heterocycles. The van der Waals surface area contributed by atoms with Crippen LogP contribution in [-0.4, -0.2) is 18.4 Å². The summed E-state index contributed by atoms with van der Waals surface area (Å²) in [6.45, 7) is 7.72. The lowest BCUT2D eigenvalue weighted by Crippen LogP contribution is -2.23. The summed E-state index contributed by atoms with van der Waals surface area (Å²) in [4.78, 5) is 24.9. The zero-order chi connectivity index (χ0) is 23.3. The van der Waals surface area contributed by atoms with Gasteiger partial charge in [-0.25, -0.2) is 0 Å². The van der Waals surface area contributed by atoms with E-state index in [4.69, 9.17) is 16.3 Å². The fraction of sp³-hybridized carbons (Fsp3) is 0.259. The van der Waals surface area contributed by atoms with Crippen molar-refractivity contribution >= 4 is 34.7 Å². The second-order valence-corrected chi connectivity index (χ2v) is 9.16. The first-order valence-electron chi connectivity index (χ1n) is 10.6. The van der Waals surface area contributed by atoms with Crippen molar-refractivity contribution < 1.29 is 14.3 Å². The largest absolute Gasteiger partial charge is 0.465 e. The summed E-state index contributed by atoms with van der Waals surface area (Å²) in [5, 5.41) is 3.75. The first kappa shape index (κ1) is 23.6. The van der Waals surface area contributed by atoms with Gasteiger partial charge in [-0.2, -0.15) is 0 Å². The van der Waals surface area contributed by atoms with Crippen LogP contribution < -0.4 is 5.32 Å². The first-order valence-corrected chi connectivity index (χ1v) is 11.0. The fourth-order valence-electron chi connectivity index (χ4n) is 3.24. The molecule has 0 saturated carbocycles. The molecule has 0 radical (unpaired) electrons. The van der Waals surface area contributed by atoms with Crippen molar-refractivity contribution in [1.82, 2.24) is 0 Å². The van der Waals surface area contributed by atoms with Gasteiger partial charge >= 0.3 is 5.97 Å². The van der Waals surface area contributed by atoms with Crippen LogP contribution in [0.5, 0.6) is 0 Å². The van der Waals surface area contributed by atoms with Gasteiger partial charge < -0.3 is 10.1 Å². The lowest BCUT2D eigenvalue weighted by atomic mass is 9.97. The van der Waals surface area contributed by atoms with Crippen molar-refractivity contribution in [1.29, 1.82) is 0 Å². The number of hydrogen-bond donors (Lipinski definition) is 1. The summed E-state index contributed by atoms with van der Waals surface area (Å²) in [6, 6.07) is 20.6. The number of aryl methyl sites for hydroxylation is 1. The van der Waals surface area contributed by atoms with Crippen LogP contribution in [0.4, 0.5) is 11.4 Å². The molecule has 0 fully saturated rings.